The lowest BCUT2D eigenvalue weighted by Crippen LogP contribution is -2.45. The SMILES string of the molecule is CC(N)(c1ccc(F)cc1)C1CCCC(S(C)(=O)=O)C1. The van der Waals surface area contributed by atoms with Gasteiger partial charge in [0.1, 0.15) is 15.7 Å². The fourth-order valence-corrected chi connectivity index (χ4v) is 4.30. The van der Waals surface area contributed by atoms with Crippen molar-refractivity contribution >= 4 is 9.84 Å². The summed E-state index contributed by atoms with van der Waals surface area (Å²) in [7, 11) is -3.02. The molecule has 1 aliphatic rings. The highest BCUT2D eigenvalue weighted by Gasteiger charge is 2.38. The second-order valence-corrected chi connectivity index (χ2v) is 8.43. The van der Waals surface area contributed by atoms with Gasteiger partial charge in [0.15, 0.2) is 0 Å². The van der Waals surface area contributed by atoms with Gasteiger partial charge in [-0.3, -0.25) is 0 Å². The highest BCUT2D eigenvalue weighted by molar-refractivity contribution is 7.91. The fraction of sp³-hybridized carbons (Fsp3) is 0.600. The molecule has 1 aromatic rings. The van der Waals surface area contributed by atoms with Gasteiger partial charge in [-0.15, -0.1) is 0 Å². The Morgan fingerprint density at radius 1 is 1.25 bits per heavy atom. The minimum Gasteiger partial charge on any atom is -0.321 e. The van der Waals surface area contributed by atoms with E-state index in [0.29, 0.717) is 6.42 Å². The molecule has 0 aliphatic heterocycles. The lowest BCUT2D eigenvalue weighted by atomic mass is 9.72. The van der Waals surface area contributed by atoms with E-state index in [1.165, 1.54) is 18.4 Å². The number of hydrogen-bond acceptors (Lipinski definition) is 3. The Morgan fingerprint density at radius 2 is 1.85 bits per heavy atom. The number of benzene rings is 1. The van der Waals surface area contributed by atoms with Gasteiger partial charge in [0.2, 0.25) is 0 Å². The molecule has 3 atom stereocenters. The van der Waals surface area contributed by atoms with Crippen molar-refractivity contribution in [3.8, 4) is 0 Å². The molecule has 3 unspecified atom stereocenters. The third kappa shape index (κ3) is 3.20. The van der Waals surface area contributed by atoms with Crippen LogP contribution in [0.5, 0.6) is 0 Å². The van der Waals surface area contributed by atoms with Crippen molar-refractivity contribution in [3.63, 3.8) is 0 Å². The molecule has 1 aromatic carbocycles. The van der Waals surface area contributed by atoms with E-state index in [2.05, 4.69) is 0 Å². The summed E-state index contributed by atoms with van der Waals surface area (Å²) in [5.41, 5.74) is 6.68. The van der Waals surface area contributed by atoms with Gasteiger partial charge in [-0.2, -0.15) is 0 Å². The lowest BCUT2D eigenvalue weighted by molar-refractivity contribution is 0.225. The molecule has 1 aliphatic carbocycles. The first-order chi connectivity index (χ1) is 9.21. The second kappa shape index (κ2) is 5.45. The molecule has 0 saturated heterocycles. The van der Waals surface area contributed by atoms with Crippen LogP contribution in [0, 0.1) is 11.7 Å². The van der Waals surface area contributed by atoms with Crippen LogP contribution in [-0.2, 0) is 15.4 Å². The van der Waals surface area contributed by atoms with E-state index in [0.717, 1.165) is 24.8 Å². The van der Waals surface area contributed by atoms with Gasteiger partial charge < -0.3 is 5.73 Å². The third-order valence-corrected chi connectivity index (χ3v) is 6.19. The first-order valence-electron chi connectivity index (χ1n) is 6.95. The zero-order valence-electron chi connectivity index (χ0n) is 12.0. The maximum atomic E-state index is 13.0. The molecular formula is C15H22FNO2S. The molecule has 1 saturated carbocycles. The zero-order chi connectivity index (χ0) is 15.0. The summed E-state index contributed by atoms with van der Waals surface area (Å²) in [6, 6.07) is 6.19. The van der Waals surface area contributed by atoms with E-state index in [9.17, 15) is 12.8 Å². The highest BCUT2D eigenvalue weighted by atomic mass is 32.2. The van der Waals surface area contributed by atoms with Gasteiger partial charge in [0.25, 0.3) is 0 Å². The molecule has 0 spiro atoms. The summed E-state index contributed by atoms with van der Waals surface area (Å²) in [6.07, 6.45) is 4.39. The van der Waals surface area contributed by atoms with Crippen LogP contribution in [0.2, 0.25) is 0 Å². The van der Waals surface area contributed by atoms with Crippen molar-refractivity contribution in [2.24, 2.45) is 11.7 Å². The molecule has 0 radical (unpaired) electrons. The summed E-state index contributed by atoms with van der Waals surface area (Å²) in [6.45, 7) is 1.91. The molecule has 112 valence electrons. The standard InChI is InChI=1S/C15H22FNO2S/c1-15(17,11-6-8-13(16)9-7-11)12-4-3-5-14(10-12)20(2,18)19/h6-9,12,14H,3-5,10,17H2,1-2H3. The Hall–Kier alpha value is -0.940. The van der Waals surface area contributed by atoms with E-state index >= 15 is 0 Å². The van der Waals surface area contributed by atoms with Crippen molar-refractivity contribution in [2.75, 3.05) is 6.26 Å². The Morgan fingerprint density at radius 3 is 2.40 bits per heavy atom. The lowest BCUT2D eigenvalue weighted by Gasteiger charge is -2.39. The summed E-state index contributed by atoms with van der Waals surface area (Å²) in [5.74, 6) is -0.191. The van der Waals surface area contributed by atoms with Crippen molar-refractivity contribution in [1.29, 1.82) is 0 Å². The van der Waals surface area contributed by atoms with Crippen molar-refractivity contribution < 1.29 is 12.8 Å². The maximum absolute atomic E-state index is 13.0. The van der Waals surface area contributed by atoms with Crippen molar-refractivity contribution in [3.05, 3.63) is 35.6 Å². The van der Waals surface area contributed by atoms with E-state index in [-0.39, 0.29) is 17.0 Å². The highest BCUT2D eigenvalue weighted by Crippen LogP contribution is 2.39. The minimum atomic E-state index is -3.02. The van der Waals surface area contributed by atoms with Crippen LogP contribution in [-0.4, -0.2) is 19.9 Å². The largest absolute Gasteiger partial charge is 0.321 e. The number of hydrogen-bond donors (Lipinski definition) is 1. The van der Waals surface area contributed by atoms with Gasteiger partial charge in [0, 0.05) is 11.8 Å². The third-order valence-electron chi connectivity index (χ3n) is 4.55. The number of sulfone groups is 1. The van der Waals surface area contributed by atoms with Crippen LogP contribution >= 0.6 is 0 Å². The molecular weight excluding hydrogens is 277 g/mol. The number of rotatable bonds is 3. The zero-order valence-corrected chi connectivity index (χ0v) is 12.8. The molecule has 0 heterocycles. The predicted molar refractivity (Wildman–Crippen MR) is 78.5 cm³/mol. The summed E-state index contributed by atoms with van der Waals surface area (Å²) < 4.78 is 36.5. The molecule has 2 N–H and O–H groups in total. The van der Waals surface area contributed by atoms with Crippen LogP contribution in [0.3, 0.4) is 0 Å². The molecule has 2 rings (SSSR count). The van der Waals surface area contributed by atoms with Crippen molar-refractivity contribution in [2.45, 2.75) is 43.4 Å². The first-order valence-corrected chi connectivity index (χ1v) is 8.90. The van der Waals surface area contributed by atoms with Crippen LogP contribution in [0.25, 0.3) is 0 Å². The van der Waals surface area contributed by atoms with Gasteiger partial charge in [-0.25, -0.2) is 12.8 Å². The topological polar surface area (TPSA) is 60.2 Å². The Bertz CT molecular complexity index is 566. The summed E-state index contributed by atoms with van der Waals surface area (Å²) in [4.78, 5) is 0. The average Bonchev–Trinajstić information content (AvgIpc) is 2.38. The molecule has 5 heteroatoms. The average molecular weight is 299 g/mol. The normalized spacial score (nSPS) is 27.0. The Kier molecular flexibility index (Phi) is 4.21. The summed E-state index contributed by atoms with van der Waals surface area (Å²) in [5, 5.41) is -0.301. The fourth-order valence-electron chi connectivity index (χ4n) is 3.12. The van der Waals surface area contributed by atoms with Gasteiger partial charge >= 0.3 is 0 Å². The molecule has 20 heavy (non-hydrogen) atoms. The molecule has 3 nitrogen and oxygen atoms in total. The van der Waals surface area contributed by atoms with E-state index in [4.69, 9.17) is 5.73 Å². The smallest absolute Gasteiger partial charge is 0.150 e. The molecule has 1 fully saturated rings. The van der Waals surface area contributed by atoms with Gasteiger partial charge in [-0.05, 0) is 49.8 Å². The van der Waals surface area contributed by atoms with E-state index in [1.54, 1.807) is 12.1 Å². The van der Waals surface area contributed by atoms with E-state index in [1.807, 2.05) is 6.92 Å². The molecule has 0 bridgehead atoms. The van der Waals surface area contributed by atoms with Crippen LogP contribution in [0.4, 0.5) is 4.39 Å². The molecule has 0 amide bonds. The van der Waals surface area contributed by atoms with Gasteiger partial charge in [-0.1, -0.05) is 18.6 Å². The predicted octanol–water partition coefficient (Wildman–Crippen LogP) is 2.60. The van der Waals surface area contributed by atoms with Crippen LogP contribution in [0.15, 0.2) is 24.3 Å². The van der Waals surface area contributed by atoms with Crippen LogP contribution < -0.4 is 5.73 Å². The monoisotopic (exact) mass is 299 g/mol. The Labute approximate surface area is 120 Å². The first kappa shape index (κ1) is 15.4. The van der Waals surface area contributed by atoms with Crippen LogP contribution in [0.1, 0.15) is 38.2 Å². The Balaban J connectivity index is 2.23. The van der Waals surface area contributed by atoms with Crippen molar-refractivity contribution in [1.82, 2.24) is 0 Å². The molecule has 0 aromatic heterocycles. The number of halogens is 1. The quantitative estimate of drug-likeness (QED) is 0.933. The number of nitrogens with two attached hydrogens (primary N) is 1. The second-order valence-electron chi connectivity index (χ2n) is 6.10. The van der Waals surface area contributed by atoms with Gasteiger partial charge in [0.05, 0.1) is 5.25 Å². The maximum Gasteiger partial charge on any atom is 0.150 e. The van der Waals surface area contributed by atoms with E-state index < -0.39 is 15.4 Å². The summed E-state index contributed by atoms with van der Waals surface area (Å²) >= 11 is 0. The minimum absolute atomic E-state index is 0.0986.